The summed E-state index contributed by atoms with van der Waals surface area (Å²) in [6.07, 6.45) is 2.56. The van der Waals surface area contributed by atoms with Crippen LogP contribution in [0, 0.1) is 11.1 Å². The molecule has 0 atom stereocenters. The minimum Gasteiger partial charge on any atom is -0.633 e. The minimum atomic E-state index is -0.106. The predicted molar refractivity (Wildman–Crippen MR) is 33.1 cm³/mol. The van der Waals surface area contributed by atoms with Crippen molar-refractivity contribution in [3.8, 4) is 0 Å². The van der Waals surface area contributed by atoms with Crippen molar-refractivity contribution in [2.45, 2.75) is 12.8 Å². The Labute approximate surface area is 50.3 Å². The highest BCUT2D eigenvalue weighted by Gasteiger charge is 2.25. The van der Waals surface area contributed by atoms with Gasteiger partial charge in [0, 0.05) is 5.92 Å². The summed E-state index contributed by atoms with van der Waals surface area (Å²) < 4.78 is -0.106. The Morgan fingerprint density at radius 3 is 2.12 bits per heavy atom. The van der Waals surface area contributed by atoms with E-state index in [9.17, 15) is 5.21 Å². The molecule has 0 aromatic carbocycles. The van der Waals surface area contributed by atoms with Crippen molar-refractivity contribution in [3.05, 3.63) is 5.21 Å². The molecule has 0 amide bonds. The molecule has 0 radical (unpaired) electrons. The average molecular weight is 115 g/mol. The van der Waals surface area contributed by atoms with Gasteiger partial charge in [0.15, 0.2) is 0 Å². The zero-order valence-electron chi connectivity index (χ0n) is 5.55. The van der Waals surface area contributed by atoms with Gasteiger partial charge in [-0.05, 0) is 12.8 Å². The maximum Gasteiger partial charge on any atom is 0.0808 e. The number of rotatable bonds is 2. The summed E-state index contributed by atoms with van der Waals surface area (Å²) in [5.74, 6) is 0.752. The van der Waals surface area contributed by atoms with E-state index < -0.39 is 0 Å². The maximum atomic E-state index is 10.9. The molecule has 0 aromatic rings. The van der Waals surface area contributed by atoms with Gasteiger partial charge in [0.25, 0.3) is 0 Å². The SMILES string of the molecule is C[N+](C)([O-])CC1CC1. The van der Waals surface area contributed by atoms with E-state index in [1.807, 2.05) is 0 Å². The first-order chi connectivity index (χ1) is 3.58. The van der Waals surface area contributed by atoms with Crippen molar-refractivity contribution < 1.29 is 4.65 Å². The predicted octanol–water partition coefficient (Wildman–Crippen LogP) is 0.971. The molecule has 2 heteroatoms. The first-order valence-electron chi connectivity index (χ1n) is 3.12. The number of quaternary nitrogens is 1. The summed E-state index contributed by atoms with van der Waals surface area (Å²) in [5.41, 5.74) is 0. The number of hydroxylamine groups is 3. The van der Waals surface area contributed by atoms with E-state index in [2.05, 4.69) is 0 Å². The lowest BCUT2D eigenvalue weighted by Crippen LogP contribution is -2.34. The molecule has 0 aromatic heterocycles. The molecule has 0 aliphatic heterocycles. The van der Waals surface area contributed by atoms with Gasteiger partial charge in [-0.25, -0.2) is 0 Å². The van der Waals surface area contributed by atoms with Crippen LogP contribution in [0.4, 0.5) is 0 Å². The molecule has 0 N–H and O–H groups in total. The second-order valence-electron chi connectivity index (χ2n) is 3.20. The Kier molecular flexibility index (Phi) is 1.29. The van der Waals surface area contributed by atoms with Crippen molar-refractivity contribution in [2.24, 2.45) is 5.92 Å². The zero-order valence-corrected chi connectivity index (χ0v) is 5.55. The van der Waals surface area contributed by atoms with Gasteiger partial charge in [-0.15, -0.1) is 0 Å². The van der Waals surface area contributed by atoms with Gasteiger partial charge >= 0.3 is 0 Å². The Bertz CT molecular complexity index is 81.0. The molecule has 0 bridgehead atoms. The lowest BCUT2D eigenvalue weighted by molar-refractivity contribution is -0.841. The normalized spacial score (nSPS) is 21.4. The molecule has 0 heterocycles. The molecule has 48 valence electrons. The molecule has 1 saturated carbocycles. The van der Waals surface area contributed by atoms with Crippen molar-refractivity contribution >= 4 is 0 Å². The van der Waals surface area contributed by atoms with Crippen LogP contribution in [0.2, 0.25) is 0 Å². The zero-order chi connectivity index (χ0) is 6.20. The summed E-state index contributed by atoms with van der Waals surface area (Å²) in [6, 6.07) is 0. The molecule has 2 nitrogen and oxygen atoms in total. The minimum absolute atomic E-state index is 0.106. The summed E-state index contributed by atoms with van der Waals surface area (Å²) >= 11 is 0. The molecule has 1 aliphatic carbocycles. The van der Waals surface area contributed by atoms with Crippen LogP contribution in [0.5, 0.6) is 0 Å². The van der Waals surface area contributed by atoms with Crippen LogP contribution in [-0.4, -0.2) is 25.3 Å². The Morgan fingerprint density at radius 1 is 1.50 bits per heavy atom. The van der Waals surface area contributed by atoms with E-state index in [0.29, 0.717) is 0 Å². The topological polar surface area (TPSA) is 23.1 Å². The van der Waals surface area contributed by atoms with Gasteiger partial charge in [0.05, 0.1) is 20.6 Å². The third-order valence-electron chi connectivity index (χ3n) is 1.39. The third-order valence-corrected chi connectivity index (χ3v) is 1.39. The Balaban J connectivity index is 2.16. The molecule has 0 unspecified atom stereocenters. The van der Waals surface area contributed by atoms with E-state index in [0.717, 1.165) is 12.5 Å². The fourth-order valence-corrected chi connectivity index (χ4v) is 0.922. The number of hydrogen-bond acceptors (Lipinski definition) is 1. The summed E-state index contributed by atoms with van der Waals surface area (Å²) in [7, 11) is 3.41. The van der Waals surface area contributed by atoms with Crippen LogP contribution in [-0.2, 0) is 0 Å². The maximum absolute atomic E-state index is 10.9. The first kappa shape index (κ1) is 6.05. The highest BCUT2D eigenvalue weighted by atomic mass is 16.5. The van der Waals surface area contributed by atoms with E-state index >= 15 is 0 Å². The van der Waals surface area contributed by atoms with Crippen molar-refractivity contribution in [2.75, 3.05) is 20.6 Å². The lowest BCUT2D eigenvalue weighted by Gasteiger charge is -2.33. The molecule has 1 rings (SSSR count). The molecule has 0 saturated heterocycles. The van der Waals surface area contributed by atoms with Crippen LogP contribution in [0.25, 0.3) is 0 Å². The van der Waals surface area contributed by atoms with Gasteiger partial charge in [0.1, 0.15) is 0 Å². The van der Waals surface area contributed by atoms with Crippen LogP contribution in [0.15, 0.2) is 0 Å². The Hall–Kier alpha value is -0.0800. The average Bonchev–Trinajstić information content (AvgIpc) is 2.12. The van der Waals surface area contributed by atoms with Gasteiger partial charge in [-0.3, -0.25) is 0 Å². The molecular weight excluding hydrogens is 102 g/mol. The fourth-order valence-electron chi connectivity index (χ4n) is 0.922. The van der Waals surface area contributed by atoms with Crippen molar-refractivity contribution in [1.82, 2.24) is 0 Å². The smallest absolute Gasteiger partial charge is 0.0808 e. The van der Waals surface area contributed by atoms with Gasteiger partial charge < -0.3 is 9.85 Å². The third kappa shape index (κ3) is 2.28. The van der Waals surface area contributed by atoms with E-state index in [4.69, 9.17) is 0 Å². The van der Waals surface area contributed by atoms with Gasteiger partial charge in [-0.1, -0.05) is 0 Å². The second kappa shape index (κ2) is 1.71. The van der Waals surface area contributed by atoms with Crippen LogP contribution >= 0.6 is 0 Å². The highest BCUT2D eigenvalue weighted by molar-refractivity contribution is 4.72. The summed E-state index contributed by atoms with van der Waals surface area (Å²) in [4.78, 5) is 0. The molecular formula is C6H13NO. The monoisotopic (exact) mass is 115 g/mol. The molecule has 1 fully saturated rings. The van der Waals surface area contributed by atoms with Crippen LogP contribution in [0.3, 0.4) is 0 Å². The molecule has 1 aliphatic rings. The quantitative estimate of drug-likeness (QED) is 0.388. The second-order valence-corrected chi connectivity index (χ2v) is 3.20. The first-order valence-corrected chi connectivity index (χ1v) is 3.12. The van der Waals surface area contributed by atoms with Crippen LogP contribution < -0.4 is 0 Å². The van der Waals surface area contributed by atoms with Crippen molar-refractivity contribution in [3.63, 3.8) is 0 Å². The number of nitrogens with zero attached hydrogens (tertiary/aromatic N) is 1. The summed E-state index contributed by atoms with van der Waals surface area (Å²) in [5, 5.41) is 10.9. The van der Waals surface area contributed by atoms with E-state index in [-0.39, 0.29) is 4.65 Å². The van der Waals surface area contributed by atoms with Gasteiger partial charge in [0.2, 0.25) is 0 Å². The fraction of sp³-hybridized carbons (Fsp3) is 1.00. The lowest BCUT2D eigenvalue weighted by atomic mass is 10.4. The van der Waals surface area contributed by atoms with E-state index in [1.165, 1.54) is 12.8 Å². The molecule has 8 heavy (non-hydrogen) atoms. The summed E-state index contributed by atoms with van der Waals surface area (Å²) in [6.45, 7) is 0.819. The van der Waals surface area contributed by atoms with Crippen LogP contribution in [0.1, 0.15) is 12.8 Å². The van der Waals surface area contributed by atoms with E-state index in [1.54, 1.807) is 14.1 Å². The standard InChI is InChI=1S/C6H13NO/c1-7(2,8)5-6-3-4-6/h6H,3-5H2,1-2H3. The van der Waals surface area contributed by atoms with Gasteiger partial charge in [-0.2, -0.15) is 0 Å². The molecule has 0 spiro atoms. The number of hydrogen-bond donors (Lipinski definition) is 0. The van der Waals surface area contributed by atoms with Crippen molar-refractivity contribution in [1.29, 1.82) is 0 Å². The Morgan fingerprint density at radius 2 is 2.00 bits per heavy atom. The highest BCUT2D eigenvalue weighted by Crippen LogP contribution is 2.30. The largest absolute Gasteiger partial charge is 0.633 e.